The fourth-order valence-corrected chi connectivity index (χ4v) is 3.37. The molecule has 124 valence electrons. The maximum atomic E-state index is 11.7. The maximum absolute atomic E-state index is 11.7. The molecule has 3 rings (SSSR count). The molecule has 0 spiro atoms. The van der Waals surface area contributed by atoms with Crippen molar-refractivity contribution < 1.29 is 13.9 Å². The zero-order chi connectivity index (χ0) is 17.1. The Morgan fingerprint density at radius 3 is 2.96 bits per heavy atom. The molecule has 0 aliphatic rings. The lowest BCUT2D eigenvalue weighted by molar-refractivity contribution is 0.0564. The summed E-state index contributed by atoms with van der Waals surface area (Å²) in [4.78, 5) is 16.1. The van der Waals surface area contributed by atoms with E-state index in [2.05, 4.69) is 41.6 Å². The minimum Gasteiger partial charge on any atom is -0.463 e. The number of imidazole rings is 1. The molecule has 0 unspecified atom stereocenters. The number of ether oxygens (including phenoxy) is 1. The van der Waals surface area contributed by atoms with E-state index in [1.165, 1.54) is 24.5 Å². The first-order chi connectivity index (χ1) is 11.6. The van der Waals surface area contributed by atoms with Crippen molar-refractivity contribution in [3.63, 3.8) is 0 Å². The molecule has 0 radical (unpaired) electrons. The Morgan fingerprint density at radius 2 is 2.17 bits per heavy atom. The van der Waals surface area contributed by atoms with Crippen LogP contribution in [0, 0.1) is 13.8 Å². The molecule has 2 aromatic heterocycles. The van der Waals surface area contributed by atoms with Crippen molar-refractivity contribution in [2.24, 2.45) is 0 Å². The van der Waals surface area contributed by atoms with Crippen molar-refractivity contribution in [3.8, 4) is 5.69 Å². The summed E-state index contributed by atoms with van der Waals surface area (Å²) >= 11 is 1.55. The number of nitrogens with zero attached hydrogens (tertiary/aromatic N) is 2. The first-order valence-corrected chi connectivity index (χ1v) is 8.47. The molecule has 24 heavy (non-hydrogen) atoms. The average molecular weight is 342 g/mol. The van der Waals surface area contributed by atoms with Crippen molar-refractivity contribution >= 4 is 17.7 Å². The van der Waals surface area contributed by atoms with Gasteiger partial charge in [-0.2, -0.15) is 0 Å². The Kier molecular flexibility index (Phi) is 4.76. The first-order valence-electron chi connectivity index (χ1n) is 7.48. The second-order valence-electron chi connectivity index (χ2n) is 5.42. The van der Waals surface area contributed by atoms with Crippen molar-refractivity contribution in [2.45, 2.75) is 24.8 Å². The molecule has 0 aliphatic heterocycles. The zero-order valence-electron chi connectivity index (χ0n) is 13.8. The molecular weight excluding hydrogens is 324 g/mol. The van der Waals surface area contributed by atoms with Crippen molar-refractivity contribution in [1.29, 1.82) is 0 Å². The smallest absolute Gasteiger partial charge is 0.374 e. The van der Waals surface area contributed by atoms with Crippen LogP contribution >= 0.6 is 11.8 Å². The molecule has 6 heteroatoms. The van der Waals surface area contributed by atoms with Gasteiger partial charge in [-0.05, 0) is 37.1 Å². The van der Waals surface area contributed by atoms with E-state index in [9.17, 15) is 4.79 Å². The zero-order valence-corrected chi connectivity index (χ0v) is 14.6. The van der Waals surface area contributed by atoms with E-state index in [-0.39, 0.29) is 5.76 Å². The molecule has 2 heterocycles. The van der Waals surface area contributed by atoms with Gasteiger partial charge in [0.1, 0.15) is 0 Å². The summed E-state index contributed by atoms with van der Waals surface area (Å²) in [6.07, 6.45) is 5.22. The van der Waals surface area contributed by atoms with Gasteiger partial charge in [-0.25, -0.2) is 9.78 Å². The molecule has 0 saturated carbocycles. The van der Waals surface area contributed by atoms with Gasteiger partial charge in [0.2, 0.25) is 5.76 Å². The third-order valence-corrected chi connectivity index (χ3v) is 4.72. The standard InChI is InChI=1S/C18H18N2O3S/c1-12-4-5-13(2)15(10-12)20-8-7-19-18(20)24-11-14-6-9-23-16(14)17(21)22-3/h4-10H,11H2,1-3H3. The highest BCUT2D eigenvalue weighted by molar-refractivity contribution is 7.98. The van der Waals surface area contributed by atoms with Gasteiger partial charge in [0, 0.05) is 23.7 Å². The summed E-state index contributed by atoms with van der Waals surface area (Å²) in [6, 6.07) is 8.12. The number of hydrogen-bond donors (Lipinski definition) is 0. The number of carbonyl (C=O) groups is 1. The number of furan rings is 1. The summed E-state index contributed by atoms with van der Waals surface area (Å²) in [5.74, 6) is 0.353. The Bertz CT molecular complexity index is 867. The third-order valence-electron chi connectivity index (χ3n) is 3.71. The van der Waals surface area contributed by atoms with Gasteiger partial charge in [-0.1, -0.05) is 23.9 Å². The van der Waals surface area contributed by atoms with Crippen LogP contribution in [-0.2, 0) is 10.5 Å². The highest BCUT2D eigenvalue weighted by Gasteiger charge is 2.17. The normalized spacial score (nSPS) is 10.8. The fraction of sp³-hybridized carbons (Fsp3) is 0.222. The number of rotatable bonds is 5. The molecule has 1 aromatic carbocycles. The predicted octanol–water partition coefficient (Wildman–Crippen LogP) is 4.16. The number of methoxy groups -OCH3 is 1. The Hall–Kier alpha value is -2.47. The number of carbonyl (C=O) groups excluding carboxylic acids is 1. The number of aromatic nitrogens is 2. The predicted molar refractivity (Wildman–Crippen MR) is 92.6 cm³/mol. The summed E-state index contributed by atoms with van der Waals surface area (Å²) in [5.41, 5.74) is 4.28. The maximum Gasteiger partial charge on any atom is 0.374 e. The van der Waals surface area contributed by atoms with Gasteiger partial charge in [0.15, 0.2) is 5.16 Å². The molecule has 5 nitrogen and oxygen atoms in total. The Balaban J connectivity index is 1.84. The molecule has 0 atom stereocenters. The van der Waals surface area contributed by atoms with E-state index in [1.54, 1.807) is 24.0 Å². The minimum atomic E-state index is -0.464. The monoisotopic (exact) mass is 342 g/mol. The van der Waals surface area contributed by atoms with E-state index >= 15 is 0 Å². The van der Waals surface area contributed by atoms with Gasteiger partial charge in [0.25, 0.3) is 0 Å². The van der Waals surface area contributed by atoms with E-state index in [0.29, 0.717) is 5.75 Å². The van der Waals surface area contributed by atoms with Crippen LogP contribution in [0.3, 0.4) is 0 Å². The molecule has 3 aromatic rings. The quantitative estimate of drug-likeness (QED) is 0.515. The highest BCUT2D eigenvalue weighted by Crippen LogP contribution is 2.27. The highest BCUT2D eigenvalue weighted by atomic mass is 32.2. The summed E-state index contributed by atoms with van der Waals surface area (Å²) in [7, 11) is 1.34. The first kappa shape index (κ1) is 16.4. The van der Waals surface area contributed by atoms with Crippen LogP contribution in [0.15, 0.2) is 52.5 Å². The fourth-order valence-electron chi connectivity index (χ4n) is 2.42. The van der Waals surface area contributed by atoms with Gasteiger partial charge >= 0.3 is 5.97 Å². The van der Waals surface area contributed by atoms with Crippen LogP contribution in [-0.4, -0.2) is 22.6 Å². The van der Waals surface area contributed by atoms with E-state index in [4.69, 9.17) is 9.15 Å². The van der Waals surface area contributed by atoms with Crippen LogP contribution < -0.4 is 0 Å². The van der Waals surface area contributed by atoms with Crippen molar-refractivity contribution in [1.82, 2.24) is 9.55 Å². The lowest BCUT2D eigenvalue weighted by atomic mass is 10.1. The Morgan fingerprint density at radius 1 is 1.33 bits per heavy atom. The third kappa shape index (κ3) is 3.23. The largest absolute Gasteiger partial charge is 0.463 e. The molecule has 0 aliphatic carbocycles. The van der Waals surface area contributed by atoms with E-state index < -0.39 is 5.97 Å². The van der Waals surface area contributed by atoms with Gasteiger partial charge in [-0.15, -0.1) is 0 Å². The van der Waals surface area contributed by atoms with Gasteiger partial charge < -0.3 is 9.15 Å². The van der Waals surface area contributed by atoms with Crippen LogP contribution in [0.2, 0.25) is 0 Å². The lowest BCUT2D eigenvalue weighted by Crippen LogP contribution is -2.03. The molecule has 0 N–H and O–H groups in total. The van der Waals surface area contributed by atoms with E-state index in [0.717, 1.165) is 16.4 Å². The number of hydrogen-bond acceptors (Lipinski definition) is 5. The van der Waals surface area contributed by atoms with Crippen LogP contribution in [0.5, 0.6) is 0 Å². The summed E-state index contributed by atoms with van der Waals surface area (Å²) in [5, 5.41) is 0.862. The minimum absolute atomic E-state index is 0.245. The number of benzene rings is 1. The molecule has 0 bridgehead atoms. The van der Waals surface area contributed by atoms with Crippen molar-refractivity contribution in [3.05, 3.63) is 65.4 Å². The second-order valence-corrected chi connectivity index (χ2v) is 6.37. The SMILES string of the molecule is COC(=O)c1occc1CSc1nccn1-c1cc(C)ccc1C. The van der Waals surface area contributed by atoms with Crippen LogP contribution in [0.25, 0.3) is 5.69 Å². The van der Waals surface area contributed by atoms with Crippen LogP contribution in [0.1, 0.15) is 27.2 Å². The van der Waals surface area contributed by atoms with Crippen LogP contribution in [0.4, 0.5) is 0 Å². The number of aryl methyl sites for hydroxylation is 2. The molecule has 0 fully saturated rings. The average Bonchev–Trinajstić information content (AvgIpc) is 3.23. The number of thioether (sulfide) groups is 1. The van der Waals surface area contributed by atoms with Gasteiger partial charge in [0.05, 0.1) is 19.1 Å². The topological polar surface area (TPSA) is 57.3 Å². The summed E-state index contributed by atoms with van der Waals surface area (Å²) in [6.45, 7) is 4.15. The van der Waals surface area contributed by atoms with Gasteiger partial charge in [-0.3, -0.25) is 4.57 Å². The Labute approximate surface area is 144 Å². The van der Waals surface area contributed by atoms with Crippen molar-refractivity contribution in [2.75, 3.05) is 7.11 Å². The molecular formula is C18H18N2O3S. The summed E-state index contributed by atoms with van der Waals surface area (Å²) < 4.78 is 12.0. The molecule has 0 saturated heterocycles. The molecule has 0 amide bonds. The lowest BCUT2D eigenvalue weighted by Gasteiger charge is -2.11. The number of esters is 1. The van der Waals surface area contributed by atoms with E-state index in [1.807, 2.05) is 6.20 Å². The second kappa shape index (κ2) is 6.97.